The first-order valence-electron chi connectivity index (χ1n) is 5.33. The van der Waals surface area contributed by atoms with Crippen LogP contribution in [0.25, 0.3) is 5.69 Å². The number of benzene rings is 1. The van der Waals surface area contributed by atoms with Crippen molar-refractivity contribution in [3.8, 4) is 5.69 Å². The van der Waals surface area contributed by atoms with Gasteiger partial charge in [0.25, 0.3) is 0 Å². The van der Waals surface area contributed by atoms with Crippen LogP contribution in [0.2, 0.25) is 0 Å². The summed E-state index contributed by atoms with van der Waals surface area (Å²) in [6, 6.07) is 8.57. The molecule has 0 radical (unpaired) electrons. The summed E-state index contributed by atoms with van der Waals surface area (Å²) >= 11 is 0. The molecule has 1 aromatic heterocycles. The molecule has 0 unspecified atom stereocenters. The molecule has 1 heterocycles. The molecule has 0 aliphatic heterocycles. The van der Waals surface area contributed by atoms with Gasteiger partial charge in [0, 0.05) is 6.20 Å². The van der Waals surface area contributed by atoms with Gasteiger partial charge in [0.1, 0.15) is 0 Å². The van der Waals surface area contributed by atoms with Crippen molar-refractivity contribution in [1.29, 1.82) is 0 Å². The van der Waals surface area contributed by atoms with E-state index in [1.165, 1.54) is 16.8 Å². The third-order valence-electron chi connectivity index (χ3n) is 2.65. The number of aryl methyl sites for hydroxylation is 3. The fourth-order valence-electron chi connectivity index (χ4n) is 1.67. The summed E-state index contributed by atoms with van der Waals surface area (Å²) < 4.78 is 1.95. The van der Waals surface area contributed by atoms with Gasteiger partial charge in [-0.3, -0.25) is 0 Å². The molecule has 0 bridgehead atoms. The van der Waals surface area contributed by atoms with Crippen molar-refractivity contribution in [2.75, 3.05) is 0 Å². The van der Waals surface area contributed by atoms with Crippen LogP contribution in [-0.2, 0) is 6.42 Å². The lowest BCUT2D eigenvalue weighted by atomic mass is 10.1. The maximum Gasteiger partial charge on any atom is 0.0677 e. The van der Waals surface area contributed by atoms with Crippen molar-refractivity contribution in [2.45, 2.75) is 27.2 Å². The molecule has 0 atom stereocenters. The predicted octanol–water partition coefficient (Wildman–Crippen LogP) is 3.05. The Labute approximate surface area is 90.6 Å². The second kappa shape index (κ2) is 3.89. The van der Waals surface area contributed by atoms with E-state index >= 15 is 0 Å². The van der Waals surface area contributed by atoms with E-state index in [0.29, 0.717) is 0 Å². The van der Waals surface area contributed by atoms with E-state index < -0.39 is 0 Å². The van der Waals surface area contributed by atoms with E-state index in [0.717, 1.165) is 12.1 Å². The Kier molecular flexibility index (Phi) is 2.58. The van der Waals surface area contributed by atoms with E-state index in [1.54, 1.807) is 0 Å². The second-order valence-corrected chi connectivity index (χ2v) is 3.88. The first-order chi connectivity index (χ1) is 7.20. The van der Waals surface area contributed by atoms with Crippen LogP contribution in [-0.4, -0.2) is 9.78 Å². The number of nitrogens with zero attached hydrogens (tertiary/aromatic N) is 2. The molecule has 15 heavy (non-hydrogen) atoms. The van der Waals surface area contributed by atoms with Gasteiger partial charge in [-0.15, -0.1) is 0 Å². The molecule has 0 N–H and O–H groups in total. The molecule has 0 amide bonds. The summed E-state index contributed by atoms with van der Waals surface area (Å²) in [6.45, 7) is 6.30. The van der Waals surface area contributed by atoms with Gasteiger partial charge in [0.15, 0.2) is 0 Å². The van der Waals surface area contributed by atoms with Gasteiger partial charge in [-0.1, -0.05) is 19.1 Å². The van der Waals surface area contributed by atoms with Crippen molar-refractivity contribution in [3.63, 3.8) is 0 Å². The minimum atomic E-state index is 1.05. The summed E-state index contributed by atoms with van der Waals surface area (Å²) in [7, 11) is 0. The van der Waals surface area contributed by atoms with E-state index in [9.17, 15) is 0 Å². The third-order valence-corrected chi connectivity index (χ3v) is 2.65. The van der Waals surface area contributed by atoms with Crippen LogP contribution in [0.5, 0.6) is 0 Å². The zero-order valence-electron chi connectivity index (χ0n) is 9.49. The lowest BCUT2D eigenvalue weighted by Gasteiger charge is -2.07. The summed E-state index contributed by atoms with van der Waals surface area (Å²) in [5.41, 5.74) is 4.85. The minimum absolute atomic E-state index is 1.05. The van der Waals surface area contributed by atoms with E-state index in [1.807, 2.05) is 23.9 Å². The number of rotatable bonds is 2. The number of aromatic nitrogens is 2. The second-order valence-electron chi connectivity index (χ2n) is 3.88. The Balaban J connectivity index is 2.51. The van der Waals surface area contributed by atoms with Crippen LogP contribution in [0.3, 0.4) is 0 Å². The molecule has 0 fully saturated rings. The maximum atomic E-state index is 4.43. The Morgan fingerprint density at radius 3 is 2.60 bits per heavy atom. The van der Waals surface area contributed by atoms with Gasteiger partial charge < -0.3 is 0 Å². The Morgan fingerprint density at radius 1 is 1.20 bits per heavy atom. The van der Waals surface area contributed by atoms with Crippen molar-refractivity contribution in [3.05, 3.63) is 47.3 Å². The predicted molar refractivity (Wildman–Crippen MR) is 62.4 cm³/mol. The fourth-order valence-corrected chi connectivity index (χ4v) is 1.67. The molecule has 0 aliphatic carbocycles. The normalized spacial score (nSPS) is 10.6. The van der Waals surface area contributed by atoms with Crippen LogP contribution >= 0.6 is 0 Å². The van der Waals surface area contributed by atoms with Gasteiger partial charge in [0.2, 0.25) is 0 Å². The first kappa shape index (κ1) is 9.97. The quantitative estimate of drug-likeness (QED) is 0.728. The minimum Gasteiger partial charge on any atom is -0.240 e. The van der Waals surface area contributed by atoms with Gasteiger partial charge in [-0.05, 0) is 43.5 Å². The summed E-state index contributed by atoms with van der Waals surface area (Å²) in [4.78, 5) is 0. The molecule has 0 saturated carbocycles. The number of hydrogen-bond donors (Lipinski definition) is 0. The molecule has 1 aromatic carbocycles. The van der Waals surface area contributed by atoms with Crippen molar-refractivity contribution >= 4 is 0 Å². The van der Waals surface area contributed by atoms with Crippen molar-refractivity contribution in [2.24, 2.45) is 0 Å². The van der Waals surface area contributed by atoms with Gasteiger partial charge in [-0.25, -0.2) is 4.68 Å². The molecule has 2 heteroatoms. The monoisotopic (exact) mass is 200 g/mol. The van der Waals surface area contributed by atoms with Gasteiger partial charge in [-0.2, -0.15) is 5.10 Å². The Morgan fingerprint density at radius 2 is 2.00 bits per heavy atom. The molecule has 2 rings (SSSR count). The summed E-state index contributed by atoms with van der Waals surface area (Å²) in [5, 5.41) is 4.43. The highest BCUT2D eigenvalue weighted by Crippen LogP contribution is 2.16. The Bertz CT molecular complexity index is 469. The smallest absolute Gasteiger partial charge is 0.0677 e. The molecule has 2 aromatic rings. The average Bonchev–Trinajstić information content (AvgIpc) is 2.65. The summed E-state index contributed by atoms with van der Waals surface area (Å²) in [6.07, 6.45) is 3.07. The van der Waals surface area contributed by atoms with Crippen molar-refractivity contribution in [1.82, 2.24) is 9.78 Å². The molecular formula is C13H16N2. The first-order valence-corrected chi connectivity index (χ1v) is 5.33. The standard InChI is InChI=1S/C13H16N2/c1-4-12-6-5-10(2)13(9-12)15-8-7-11(3)14-15/h5-9H,4H2,1-3H3. The molecule has 0 aliphatic rings. The zero-order valence-corrected chi connectivity index (χ0v) is 9.49. The van der Waals surface area contributed by atoms with Crippen molar-refractivity contribution < 1.29 is 0 Å². The van der Waals surface area contributed by atoms with Crippen LogP contribution in [0, 0.1) is 13.8 Å². The van der Waals surface area contributed by atoms with Crippen LogP contribution in [0.4, 0.5) is 0 Å². The lowest BCUT2D eigenvalue weighted by Crippen LogP contribution is -1.99. The average molecular weight is 200 g/mol. The topological polar surface area (TPSA) is 17.8 Å². The maximum absolute atomic E-state index is 4.43. The zero-order chi connectivity index (χ0) is 10.8. The van der Waals surface area contributed by atoms with Crippen LogP contribution < -0.4 is 0 Å². The highest BCUT2D eigenvalue weighted by Gasteiger charge is 2.03. The molecule has 78 valence electrons. The third kappa shape index (κ3) is 1.94. The van der Waals surface area contributed by atoms with E-state index in [2.05, 4.69) is 37.1 Å². The van der Waals surface area contributed by atoms with Gasteiger partial charge in [0.05, 0.1) is 11.4 Å². The molecule has 0 saturated heterocycles. The lowest BCUT2D eigenvalue weighted by molar-refractivity contribution is 0.853. The number of hydrogen-bond acceptors (Lipinski definition) is 1. The van der Waals surface area contributed by atoms with Gasteiger partial charge >= 0.3 is 0 Å². The Hall–Kier alpha value is -1.57. The summed E-state index contributed by atoms with van der Waals surface area (Å²) in [5.74, 6) is 0. The molecular weight excluding hydrogens is 184 g/mol. The largest absolute Gasteiger partial charge is 0.240 e. The van der Waals surface area contributed by atoms with E-state index in [-0.39, 0.29) is 0 Å². The van der Waals surface area contributed by atoms with Crippen LogP contribution in [0.15, 0.2) is 30.5 Å². The van der Waals surface area contributed by atoms with E-state index in [4.69, 9.17) is 0 Å². The van der Waals surface area contributed by atoms with Crippen LogP contribution in [0.1, 0.15) is 23.7 Å². The SMILES string of the molecule is CCc1ccc(C)c(-n2ccc(C)n2)c1. The highest BCUT2D eigenvalue weighted by atomic mass is 15.3. The molecule has 2 nitrogen and oxygen atoms in total. The molecule has 0 spiro atoms. The fraction of sp³-hybridized carbons (Fsp3) is 0.308. The highest BCUT2D eigenvalue weighted by molar-refractivity contribution is 5.42.